The van der Waals surface area contributed by atoms with E-state index in [1.165, 1.54) is 7.11 Å². The number of esters is 1. The Hall–Kier alpha value is -0.470. The Morgan fingerprint density at radius 2 is 2.00 bits per heavy atom. The molecular weight excluding hydrogens is 199 g/mol. The lowest BCUT2D eigenvalue weighted by Gasteiger charge is -2.04. The van der Waals surface area contributed by atoms with Gasteiger partial charge in [0.1, 0.15) is 4.49 Å². The number of methoxy groups -OCH3 is 1. The topological polar surface area (TPSA) is 26.3 Å². The van der Waals surface area contributed by atoms with Gasteiger partial charge >= 0.3 is 5.97 Å². The molecule has 0 rings (SSSR count). The number of allylic oxidation sites excluding steroid dienone is 1. The van der Waals surface area contributed by atoms with Crippen LogP contribution in [0.3, 0.4) is 0 Å². The quantitative estimate of drug-likeness (QED) is 0.405. The van der Waals surface area contributed by atoms with E-state index in [-0.39, 0.29) is 10.1 Å². The number of carbonyl (C=O) groups excluding carboxylic acids is 1. The molecule has 0 aliphatic heterocycles. The highest BCUT2D eigenvalue weighted by Gasteiger charge is 2.13. The van der Waals surface area contributed by atoms with Crippen LogP contribution in [0.4, 0.5) is 0 Å². The summed E-state index contributed by atoms with van der Waals surface area (Å²) in [6.07, 6.45) is 0.342. The van der Waals surface area contributed by atoms with E-state index in [0.29, 0.717) is 6.42 Å². The van der Waals surface area contributed by atoms with Crippen molar-refractivity contribution in [1.82, 2.24) is 0 Å². The second-order valence-corrected chi connectivity index (χ2v) is 3.31. The van der Waals surface area contributed by atoms with Crippen LogP contribution in [-0.2, 0) is 9.53 Å². The van der Waals surface area contributed by atoms with Gasteiger partial charge in [0.2, 0.25) is 0 Å². The van der Waals surface area contributed by atoms with Gasteiger partial charge in [0.15, 0.2) is 0 Å². The van der Waals surface area contributed by atoms with Crippen LogP contribution in [0.15, 0.2) is 22.2 Å². The van der Waals surface area contributed by atoms with Crippen LogP contribution in [-0.4, -0.2) is 13.1 Å². The molecule has 4 heteroatoms. The molecule has 0 aliphatic carbocycles. The van der Waals surface area contributed by atoms with Crippen molar-refractivity contribution in [3.63, 3.8) is 0 Å². The lowest BCUT2D eigenvalue weighted by Crippen LogP contribution is -2.05. The van der Waals surface area contributed by atoms with Crippen LogP contribution in [0, 0.1) is 0 Å². The molecule has 0 amide bonds. The highest BCUT2D eigenvalue weighted by molar-refractivity contribution is 6.57. The molecule has 0 bridgehead atoms. The fourth-order valence-electron chi connectivity index (χ4n) is 0.641. The summed E-state index contributed by atoms with van der Waals surface area (Å²) in [6.45, 7) is 5.41. The van der Waals surface area contributed by atoms with Gasteiger partial charge in [-0.1, -0.05) is 35.4 Å². The van der Waals surface area contributed by atoms with Gasteiger partial charge in [-0.3, -0.25) is 0 Å². The van der Waals surface area contributed by atoms with Gasteiger partial charge in [0.05, 0.1) is 12.7 Å². The highest BCUT2D eigenvalue weighted by Crippen LogP contribution is 2.21. The van der Waals surface area contributed by atoms with E-state index in [4.69, 9.17) is 23.2 Å². The Morgan fingerprint density at radius 3 is 2.25 bits per heavy atom. The van der Waals surface area contributed by atoms with Crippen LogP contribution in [0.5, 0.6) is 0 Å². The summed E-state index contributed by atoms with van der Waals surface area (Å²) in [5, 5.41) is 0. The average molecular weight is 209 g/mol. The minimum atomic E-state index is -0.516. The molecule has 2 nitrogen and oxygen atoms in total. The number of rotatable bonds is 3. The standard InChI is InChI=1S/C8H10Cl2O2/c1-5(2)4-6(7(9)10)8(11)12-3/h1,4H2,2-3H3. The van der Waals surface area contributed by atoms with Gasteiger partial charge in [-0.2, -0.15) is 0 Å². The molecule has 0 heterocycles. The fourth-order valence-corrected chi connectivity index (χ4v) is 0.929. The van der Waals surface area contributed by atoms with Crippen molar-refractivity contribution >= 4 is 29.2 Å². The molecule has 0 aromatic heterocycles. The largest absolute Gasteiger partial charge is 0.466 e. The van der Waals surface area contributed by atoms with Gasteiger partial charge in [-0.15, -0.1) is 0 Å². The zero-order valence-electron chi connectivity index (χ0n) is 6.99. The van der Waals surface area contributed by atoms with Crippen molar-refractivity contribution in [1.29, 1.82) is 0 Å². The van der Waals surface area contributed by atoms with Gasteiger partial charge in [0, 0.05) is 6.42 Å². The first kappa shape index (κ1) is 11.5. The fraction of sp³-hybridized carbons (Fsp3) is 0.375. The zero-order valence-corrected chi connectivity index (χ0v) is 8.50. The Morgan fingerprint density at radius 1 is 1.50 bits per heavy atom. The van der Waals surface area contributed by atoms with Crippen LogP contribution in [0.1, 0.15) is 13.3 Å². The van der Waals surface area contributed by atoms with Crippen molar-refractivity contribution < 1.29 is 9.53 Å². The maximum atomic E-state index is 11.0. The smallest absolute Gasteiger partial charge is 0.336 e. The lowest BCUT2D eigenvalue weighted by atomic mass is 10.1. The second-order valence-electron chi connectivity index (χ2n) is 2.36. The van der Waals surface area contributed by atoms with Crippen molar-refractivity contribution in [2.75, 3.05) is 7.11 Å². The summed E-state index contributed by atoms with van der Waals surface area (Å²) in [7, 11) is 1.28. The van der Waals surface area contributed by atoms with E-state index in [1.54, 1.807) is 6.92 Å². The molecule has 68 valence electrons. The van der Waals surface area contributed by atoms with Gasteiger partial charge in [-0.25, -0.2) is 4.79 Å². The van der Waals surface area contributed by atoms with E-state index in [2.05, 4.69) is 11.3 Å². The van der Waals surface area contributed by atoms with Crippen molar-refractivity contribution in [3.8, 4) is 0 Å². The molecule has 12 heavy (non-hydrogen) atoms. The first-order chi connectivity index (χ1) is 5.49. The Bertz CT molecular complexity index is 227. The molecule has 0 fully saturated rings. The molecule has 0 aromatic rings. The number of hydrogen-bond donors (Lipinski definition) is 0. The molecular formula is C8H10Cl2O2. The van der Waals surface area contributed by atoms with Gasteiger partial charge in [-0.05, 0) is 6.92 Å². The molecule has 0 saturated heterocycles. The van der Waals surface area contributed by atoms with Crippen LogP contribution in [0.25, 0.3) is 0 Å². The predicted molar refractivity (Wildman–Crippen MR) is 50.2 cm³/mol. The lowest BCUT2D eigenvalue weighted by molar-refractivity contribution is -0.136. The molecule has 0 N–H and O–H groups in total. The summed E-state index contributed by atoms with van der Waals surface area (Å²) < 4.78 is 4.40. The summed E-state index contributed by atoms with van der Waals surface area (Å²) >= 11 is 10.9. The average Bonchev–Trinajstić information content (AvgIpc) is 1.98. The molecule has 0 spiro atoms. The Balaban J connectivity index is 4.58. The monoisotopic (exact) mass is 208 g/mol. The molecule has 0 saturated carbocycles. The van der Waals surface area contributed by atoms with Gasteiger partial charge < -0.3 is 4.74 Å². The SMILES string of the molecule is C=C(C)CC(C(=O)OC)=C(Cl)Cl. The summed E-state index contributed by atoms with van der Waals surface area (Å²) in [6, 6.07) is 0. The third kappa shape index (κ3) is 3.79. The van der Waals surface area contributed by atoms with Crippen LogP contribution >= 0.6 is 23.2 Å². The normalized spacial score (nSPS) is 9.00. The maximum Gasteiger partial charge on any atom is 0.336 e. The summed E-state index contributed by atoms with van der Waals surface area (Å²) in [5.41, 5.74) is 1.04. The van der Waals surface area contributed by atoms with Crippen molar-refractivity contribution in [2.24, 2.45) is 0 Å². The summed E-state index contributed by atoms with van der Waals surface area (Å²) in [4.78, 5) is 11.0. The molecule has 0 atom stereocenters. The van der Waals surface area contributed by atoms with E-state index >= 15 is 0 Å². The molecule has 0 unspecified atom stereocenters. The minimum Gasteiger partial charge on any atom is -0.466 e. The Kier molecular flexibility index (Phi) is 5.02. The molecule has 0 radical (unpaired) electrons. The van der Waals surface area contributed by atoms with E-state index in [0.717, 1.165) is 5.57 Å². The zero-order chi connectivity index (χ0) is 9.72. The summed E-state index contributed by atoms with van der Waals surface area (Å²) in [5.74, 6) is -0.516. The highest BCUT2D eigenvalue weighted by atomic mass is 35.5. The van der Waals surface area contributed by atoms with Crippen molar-refractivity contribution in [3.05, 3.63) is 22.2 Å². The third-order valence-electron chi connectivity index (χ3n) is 1.14. The predicted octanol–water partition coefficient (Wildman–Crippen LogP) is 2.81. The van der Waals surface area contributed by atoms with Gasteiger partial charge in [0.25, 0.3) is 0 Å². The minimum absolute atomic E-state index is 0.0650. The second kappa shape index (κ2) is 5.22. The molecule has 0 aliphatic rings. The van der Waals surface area contributed by atoms with Crippen molar-refractivity contribution in [2.45, 2.75) is 13.3 Å². The molecule has 0 aromatic carbocycles. The third-order valence-corrected chi connectivity index (χ3v) is 1.59. The number of hydrogen-bond acceptors (Lipinski definition) is 2. The van der Waals surface area contributed by atoms with E-state index < -0.39 is 5.97 Å². The first-order valence-corrected chi connectivity index (χ1v) is 4.01. The van der Waals surface area contributed by atoms with E-state index in [9.17, 15) is 4.79 Å². The van der Waals surface area contributed by atoms with E-state index in [1.807, 2.05) is 0 Å². The van der Waals surface area contributed by atoms with Crippen LogP contribution in [0.2, 0.25) is 0 Å². The number of halogens is 2. The van der Waals surface area contributed by atoms with Crippen LogP contribution < -0.4 is 0 Å². The Labute approximate surface area is 81.8 Å². The maximum absolute atomic E-state index is 11.0. The number of ether oxygens (including phenoxy) is 1. The first-order valence-electron chi connectivity index (χ1n) is 3.26. The number of carbonyl (C=O) groups is 1.